The molecule has 4 heterocycles. The lowest BCUT2D eigenvalue weighted by Crippen LogP contribution is -2.59. The quantitative estimate of drug-likeness (QED) is 0.301. The Hall–Kier alpha value is -3.09. The minimum atomic E-state index is -1.23. The zero-order valence-corrected chi connectivity index (χ0v) is 24.3. The predicted molar refractivity (Wildman–Crippen MR) is 151 cm³/mol. The van der Waals surface area contributed by atoms with E-state index in [-0.39, 0.29) is 42.4 Å². The molecule has 12 heteroatoms. The molecule has 1 aromatic carbocycles. The Bertz CT molecular complexity index is 1330. The smallest absolute Gasteiger partial charge is 0.250 e. The summed E-state index contributed by atoms with van der Waals surface area (Å²) in [5.74, 6) is -2.53. The van der Waals surface area contributed by atoms with Crippen LogP contribution in [0.3, 0.4) is 0 Å². The lowest BCUT2D eigenvalue weighted by atomic mass is 9.70. The maximum atomic E-state index is 14.6. The summed E-state index contributed by atoms with van der Waals surface area (Å²) in [6.07, 6.45) is 3.49. The van der Waals surface area contributed by atoms with Gasteiger partial charge in [0.15, 0.2) is 0 Å². The standard InChI is InChI=1S/C28H35BrN6O5/c1-5-12-32(4)25(37)21-22-26(38)35(17(7-3)15-36)24(28(22)14-18(29)23(21)40-28)27(39)33(13-6-2)16-34-20-11-9-8-10-19(20)30-31-34/h5-6,8-11,17-18,21-24,36H,1-2,7,12-16H2,3-4H3/t17-,18?,21-,22-,23-,24?,28?/m0/s1. The van der Waals surface area contributed by atoms with Crippen LogP contribution in [0.25, 0.3) is 11.0 Å². The van der Waals surface area contributed by atoms with Crippen molar-refractivity contribution >= 4 is 44.7 Å². The summed E-state index contributed by atoms with van der Waals surface area (Å²) < 4.78 is 8.23. The number of hydrogen-bond acceptors (Lipinski definition) is 7. The minimum absolute atomic E-state index is 0.0756. The number of aromatic nitrogens is 3. The first-order valence-electron chi connectivity index (χ1n) is 13.5. The van der Waals surface area contributed by atoms with E-state index >= 15 is 0 Å². The maximum absolute atomic E-state index is 14.6. The van der Waals surface area contributed by atoms with Crippen molar-refractivity contribution in [1.29, 1.82) is 0 Å². The van der Waals surface area contributed by atoms with Crippen LogP contribution in [0, 0.1) is 11.8 Å². The van der Waals surface area contributed by atoms with E-state index in [0.29, 0.717) is 24.9 Å². The molecular weight excluding hydrogens is 580 g/mol. The summed E-state index contributed by atoms with van der Waals surface area (Å²) in [5.41, 5.74) is 0.228. The van der Waals surface area contributed by atoms with Gasteiger partial charge in [-0.2, -0.15) is 0 Å². The van der Waals surface area contributed by atoms with Gasteiger partial charge >= 0.3 is 0 Å². The van der Waals surface area contributed by atoms with Crippen molar-refractivity contribution in [1.82, 2.24) is 29.7 Å². The Balaban J connectivity index is 1.57. The molecule has 2 bridgehead atoms. The number of ether oxygens (including phenoxy) is 1. The van der Waals surface area contributed by atoms with Gasteiger partial charge in [-0.1, -0.05) is 52.4 Å². The number of fused-ring (bicyclic) bond motifs is 2. The highest BCUT2D eigenvalue weighted by Gasteiger charge is 2.77. The number of likely N-dealkylation sites (tertiary alicyclic amines) is 1. The fraction of sp³-hybridized carbons (Fsp3) is 0.536. The molecule has 1 aromatic heterocycles. The lowest BCUT2D eigenvalue weighted by molar-refractivity contribution is -0.152. The van der Waals surface area contributed by atoms with E-state index in [1.807, 2.05) is 31.2 Å². The molecule has 5 rings (SSSR count). The SMILES string of the molecule is C=CCN(C)C(=O)[C@H]1[C@H]2C(=O)N([C@@H](CC)CO)C(C(=O)N(CC=C)Cn3nnc4ccccc43)C23CC(Br)[C@@H]1O3. The number of halogens is 1. The van der Waals surface area contributed by atoms with Gasteiger partial charge in [-0.25, -0.2) is 4.68 Å². The van der Waals surface area contributed by atoms with Crippen LogP contribution in [0.5, 0.6) is 0 Å². The number of nitrogens with zero attached hydrogens (tertiary/aromatic N) is 6. The molecule has 2 aromatic rings. The number of aliphatic hydroxyl groups is 1. The Morgan fingerprint density at radius 1 is 1.27 bits per heavy atom. The summed E-state index contributed by atoms with van der Waals surface area (Å²) in [6.45, 7) is 9.69. The van der Waals surface area contributed by atoms with Gasteiger partial charge in [0.05, 0.1) is 36.1 Å². The van der Waals surface area contributed by atoms with E-state index in [0.717, 1.165) is 5.52 Å². The van der Waals surface area contributed by atoms with Crippen LogP contribution in [0.15, 0.2) is 49.6 Å². The van der Waals surface area contributed by atoms with E-state index < -0.39 is 35.6 Å². The van der Waals surface area contributed by atoms with Crippen LogP contribution in [0.4, 0.5) is 0 Å². The van der Waals surface area contributed by atoms with Crippen molar-refractivity contribution in [3.8, 4) is 0 Å². The predicted octanol–water partition coefficient (Wildman–Crippen LogP) is 1.57. The first-order chi connectivity index (χ1) is 19.2. The van der Waals surface area contributed by atoms with Crippen molar-refractivity contribution < 1.29 is 24.2 Å². The summed E-state index contributed by atoms with van der Waals surface area (Å²) in [5, 5.41) is 18.7. The monoisotopic (exact) mass is 614 g/mol. The number of benzene rings is 1. The second-order valence-electron chi connectivity index (χ2n) is 10.7. The lowest BCUT2D eigenvalue weighted by Gasteiger charge is -2.39. The maximum Gasteiger partial charge on any atom is 0.250 e. The Morgan fingerprint density at radius 3 is 2.67 bits per heavy atom. The van der Waals surface area contributed by atoms with Crippen LogP contribution in [0.2, 0.25) is 0 Å². The Kier molecular flexibility index (Phi) is 7.86. The van der Waals surface area contributed by atoms with Crippen LogP contribution in [-0.2, 0) is 25.8 Å². The Morgan fingerprint density at radius 2 is 2.00 bits per heavy atom. The van der Waals surface area contributed by atoms with Gasteiger partial charge < -0.3 is 24.5 Å². The summed E-state index contributed by atoms with van der Waals surface area (Å²) in [6, 6.07) is 5.80. The number of carbonyl (C=O) groups is 3. The number of likely N-dealkylation sites (N-methyl/N-ethyl adjacent to an activating group) is 1. The molecule has 3 saturated heterocycles. The van der Waals surface area contributed by atoms with Crippen LogP contribution >= 0.6 is 15.9 Å². The van der Waals surface area contributed by atoms with E-state index in [1.54, 1.807) is 28.8 Å². The molecule has 11 nitrogen and oxygen atoms in total. The molecule has 3 fully saturated rings. The number of para-hydroxylation sites is 1. The van der Waals surface area contributed by atoms with Gasteiger partial charge in [0, 0.05) is 25.0 Å². The highest BCUT2D eigenvalue weighted by molar-refractivity contribution is 9.09. The van der Waals surface area contributed by atoms with Crippen molar-refractivity contribution in [2.75, 3.05) is 26.7 Å². The van der Waals surface area contributed by atoms with Gasteiger partial charge in [-0.05, 0) is 25.0 Å². The largest absolute Gasteiger partial charge is 0.394 e. The first-order valence-corrected chi connectivity index (χ1v) is 14.4. The molecule has 0 saturated carbocycles. The van der Waals surface area contributed by atoms with Gasteiger partial charge in [0.1, 0.15) is 23.8 Å². The topological polar surface area (TPSA) is 121 Å². The number of hydrogen-bond donors (Lipinski definition) is 1. The molecule has 214 valence electrons. The molecule has 40 heavy (non-hydrogen) atoms. The van der Waals surface area contributed by atoms with Crippen molar-refractivity contribution in [2.45, 2.75) is 55.0 Å². The molecule has 0 aliphatic carbocycles. The van der Waals surface area contributed by atoms with Crippen LogP contribution in [0.1, 0.15) is 19.8 Å². The third kappa shape index (κ3) is 4.27. The number of carbonyl (C=O) groups excluding carboxylic acids is 3. The number of rotatable bonds is 11. The Labute approximate surface area is 241 Å². The summed E-state index contributed by atoms with van der Waals surface area (Å²) >= 11 is 3.70. The third-order valence-corrected chi connectivity index (χ3v) is 9.33. The zero-order chi connectivity index (χ0) is 28.8. The van der Waals surface area contributed by atoms with E-state index in [2.05, 4.69) is 39.4 Å². The van der Waals surface area contributed by atoms with Gasteiger partial charge in [-0.3, -0.25) is 14.4 Å². The third-order valence-electron chi connectivity index (χ3n) is 8.49. The molecule has 3 amide bonds. The number of alkyl halides is 1. The van der Waals surface area contributed by atoms with Gasteiger partial charge in [-0.15, -0.1) is 18.3 Å². The zero-order valence-electron chi connectivity index (χ0n) is 22.7. The minimum Gasteiger partial charge on any atom is -0.394 e. The van der Waals surface area contributed by atoms with Gasteiger partial charge in [0.2, 0.25) is 17.7 Å². The highest BCUT2D eigenvalue weighted by atomic mass is 79.9. The second-order valence-corrected chi connectivity index (χ2v) is 11.9. The van der Waals surface area contributed by atoms with Gasteiger partial charge in [0.25, 0.3) is 0 Å². The first kappa shape index (κ1) is 28.4. The summed E-state index contributed by atoms with van der Waals surface area (Å²) in [4.78, 5) is 46.8. The van der Waals surface area contributed by atoms with Crippen LogP contribution < -0.4 is 0 Å². The molecule has 3 aliphatic heterocycles. The highest BCUT2D eigenvalue weighted by Crippen LogP contribution is 2.60. The average Bonchev–Trinajstić information content (AvgIpc) is 3.66. The number of amides is 3. The fourth-order valence-electron chi connectivity index (χ4n) is 6.70. The molecule has 1 N–H and O–H groups in total. The van der Waals surface area contributed by atoms with E-state index in [9.17, 15) is 19.5 Å². The van der Waals surface area contributed by atoms with E-state index in [4.69, 9.17) is 4.74 Å². The van der Waals surface area contributed by atoms with Crippen LogP contribution in [-0.4, -0.2) is 108 Å². The second kappa shape index (κ2) is 11.1. The van der Waals surface area contributed by atoms with Crippen molar-refractivity contribution in [3.63, 3.8) is 0 Å². The molecule has 1 spiro atoms. The fourth-order valence-corrected chi connectivity index (χ4v) is 7.65. The van der Waals surface area contributed by atoms with E-state index in [1.165, 1.54) is 9.80 Å². The van der Waals surface area contributed by atoms with Crippen molar-refractivity contribution in [3.05, 3.63) is 49.6 Å². The molecule has 3 unspecified atom stereocenters. The van der Waals surface area contributed by atoms with Crippen molar-refractivity contribution in [2.24, 2.45) is 11.8 Å². The molecular formula is C28H35BrN6O5. The summed E-state index contributed by atoms with van der Waals surface area (Å²) in [7, 11) is 1.67. The molecule has 3 aliphatic rings. The average molecular weight is 616 g/mol. The normalized spacial score (nSPS) is 29.4. The number of aliphatic hydroxyl groups excluding tert-OH is 1. The molecule has 7 atom stereocenters. The molecule has 0 radical (unpaired) electrons.